The number of hydrogen-bond acceptors (Lipinski definition) is 0. The largest absolute Gasteiger partial charge is 0.0622 e. The fourth-order valence-electron chi connectivity index (χ4n) is 13.5. The minimum absolute atomic E-state index is 0.867. The first-order chi connectivity index (χ1) is 17.9. The molecule has 0 nitrogen and oxygen atoms in total. The lowest BCUT2D eigenvalue weighted by atomic mass is 9.40. The molecule has 0 bridgehead atoms. The van der Waals surface area contributed by atoms with E-state index in [1.165, 1.54) is 12.8 Å². The third-order valence-corrected chi connectivity index (χ3v) is 14.1. The highest BCUT2D eigenvalue weighted by Crippen LogP contribution is 2.73. The molecule has 0 heteroatoms. The summed E-state index contributed by atoms with van der Waals surface area (Å²) in [6, 6.07) is 23.5. The monoisotopic (exact) mass is 476 g/mol. The zero-order chi connectivity index (χ0) is 23.4. The van der Waals surface area contributed by atoms with Crippen molar-refractivity contribution >= 4 is 0 Å². The summed E-state index contributed by atoms with van der Waals surface area (Å²) in [5.74, 6) is 14.5. The van der Waals surface area contributed by atoms with E-state index < -0.39 is 0 Å². The van der Waals surface area contributed by atoms with Gasteiger partial charge in [-0.2, -0.15) is 0 Å². The van der Waals surface area contributed by atoms with Crippen LogP contribution in [0.5, 0.6) is 0 Å². The molecule has 0 radical (unpaired) electrons. The number of benzene rings is 2. The van der Waals surface area contributed by atoms with Gasteiger partial charge in [-0.05, 0) is 158 Å². The van der Waals surface area contributed by atoms with Gasteiger partial charge in [0.25, 0.3) is 0 Å². The van der Waals surface area contributed by atoms with Crippen LogP contribution in [0.1, 0.15) is 87.2 Å². The molecule has 14 atom stereocenters. The number of rotatable bonds is 2. The van der Waals surface area contributed by atoms with Gasteiger partial charge in [0.05, 0.1) is 0 Å². The summed E-state index contributed by atoms with van der Waals surface area (Å²) in [4.78, 5) is 0. The Hall–Kier alpha value is -1.56. The van der Waals surface area contributed by atoms with Gasteiger partial charge in [-0.15, -0.1) is 0 Å². The smallest absolute Gasteiger partial charge is 0.0128 e. The van der Waals surface area contributed by atoms with Crippen LogP contribution in [0.4, 0.5) is 0 Å². The highest BCUT2D eigenvalue weighted by Gasteiger charge is 2.66. The van der Waals surface area contributed by atoms with Crippen LogP contribution in [-0.4, -0.2) is 0 Å². The molecule has 7 saturated carbocycles. The van der Waals surface area contributed by atoms with Crippen LogP contribution >= 0.6 is 0 Å². The first-order valence-electron chi connectivity index (χ1n) is 16.0. The Morgan fingerprint density at radius 1 is 0.361 bits per heavy atom. The van der Waals surface area contributed by atoms with E-state index in [1.807, 2.05) is 0 Å². The van der Waals surface area contributed by atoms with E-state index >= 15 is 0 Å². The molecule has 0 spiro atoms. The van der Waals surface area contributed by atoms with Gasteiger partial charge in [0.1, 0.15) is 0 Å². The average Bonchev–Trinajstić information content (AvgIpc) is 3.52. The summed E-state index contributed by atoms with van der Waals surface area (Å²) < 4.78 is 0. The maximum Gasteiger partial charge on any atom is -0.0128 e. The van der Waals surface area contributed by atoms with Crippen LogP contribution in [0.25, 0.3) is 0 Å². The first-order valence-corrected chi connectivity index (χ1v) is 16.0. The van der Waals surface area contributed by atoms with Crippen LogP contribution in [-0.2, 0) is 0 Å². The van der Waals surface area contributed by atoms with E-state index in [9.17, 15) is 0 Å². The van der Waals surface area contributed by atoms with Crippen LogP contribution in [0, 0.1) is 71.0 Å². The van der Waals surface area contributed by atoms with Crippen molar-refractivity contribution < 1.29 is 0 Å². The molecular formula is C36H44. The summed E-state index contributed by atoms with van der Waals surface area (Å²) in [5, 5.41) is 0. The quantitative estimate of drug-likeness (QED) is 0.406. The van der Waals surface area contributed by atoms with Gasteiger partial charge >= 0.3 is 0 Å². The lowest BCUT2D eigenvalue weighted by Crippen LogP contribution is -2.59. The SMILES string of the molecule is c1ccc(C2CC3CCC4C5CCC6C(c7ccccc7)CC7CCC(C8CCC2C3C48)C5C76)cc1. The minimum atomic E-state index is 0.867. The molecule has 7 aliphatic carbocycles. The molecule has 7 fully saturated rings. The molecule has 0 N–H and O–H groups in total. The van der Waals surface area contributed by atoms with E-state index in [2.05, 4.69) is 60.7 Å². The molecular weight excluding hydrogens is 432 g/mol. The molecule has 36 heavy (non-hydrogen) atoms. The highest BCUT2D eigenvalue weighted by atomic mass is 14.7. The predicted octanol–water partition coefficient (Wildman–Crippen LogP) is 8.94. The fourth-order valence-corrected chi connectivity index (χ4v) is 13.5. The average molecular weight is 477 g/mol. The second-order valence-corrected chi connectivity index (χ2v) is 14.6. The first kappa shape index (κ1) is 21.4. The summed E-state index contributed by atoms with van der Waals surface area (Å²) in [6.45, 7) is 0. The molecule has 2 aromatic rings. The molecule has 0 saturated heterocycles. The Morgan fingerprint density at radius 3 is 1.14 bits per heavy atom. The zero-order valence-corrected chi connectivity index (χ0v) is 21.9. The number of hydrogen-bond donors (Lipinski definition) is 0. The van der Waals surface area contributed by atoms with Gasteiger partial charge in [0.2, 0.25) is 0 Å². The molecule has 188 valence electrons. The van der Waals surface area contributed by atoms with Gasteiger partial charge < -0.3 is 0 Å². The molecule has 0 amide bonds. The normalized spacial score (nSPS) is 51.9. The van der Waals surface area contributed by atoms with Crippen molar-refractivity contribution in [2.45, 2.75) is 76.0 Å². The van der Waals surface area contributed by atoms with Crippen molar-refractivity contribution in [1.29, 1.82) is 0 Å². The molecule has 2 aromatic carbocycles. The van der Waals surface area contributed by atoms with Crippen molar-refractivity contribution in [2.24, 2.45) is 71.0 Å². The maximum atomic E-state index is 2.47. The third-order valence-electron chi connectivity index (χ3n) is 14.1. The topological polar surface area (TPSA) is 0 Å². The molecule has 0 aromatic heterocycles. The van der Waals surface area contributed by atoms with Crippen molar-refractivity contribution in [3.05, 3.63) is 71.8 Å². The van der Waals surface area contributed by atoms with Crippen LogP contribution in [0.2, 0.25) is 0 Å². The van der Waals surface area contributed by atoms with Gasteiger partial charge in [0.15, 0.2) is 0 Å². The fraction of sp³-hybridized carbons (Fsp3) is 0.667. The van der Waals surface area contributed by atoms with Gasteiger partial charge in [0, 0.05) is 0 Å². The van der Waals surface area contributed by atoms with Crippen LogP contribution < -0.4 is 0 Å². The minimum Gasteiger partial charge on any atom is -0.0622 e. The van der Waals surface area contributed by atoms with Crippen molar-refractivity contribution in [2.75, 3.05) is 0 Å². The van der Waals surface area contributed by atoms with Crippen molar-refractivity contribution in [3.8, 4) is 0 Å². The second kappa shape index (κ2) is 7.97. The van der Waals surface area contributed by atoms with Crippen molar-refractivity contribution in [3.63, 3.8) is 0 Å². The second-order valence-electron chi connectivity index (χ2n) is 14.6. The molecule has 0 heterocycles. The summed E-state index contributed by atoms with van der Waals surface area (Å²) in [6.07, 6.45) is 15.6. The highest BCUT2D eigenvalue weighted by molar-refractivity contribution is 5.27. The molecule has 0 aliphatic heterocycles. The van der Waals surface area contributed by atoms with Gasteiger partial charge in [-0.1, -0.05) is 60.7 Å². The van der Waals surface area contributed by atoms with E-state index in [4.69, 9.17) is 0 Å². The van der Waals surface area contributed by atoms with Crippen molar-refractivity contribution in [1.82, 2.24) is 0 Å². The zero-order valence-electron chi connectivity index (χ0n) is 21.9. The molecule has 9 rings (SSSR count). The maximum absolute atomic E-state index is 2.47. The Morgan fingerprint density at radius 2 is 0.722 bits per heavy atom. The van der Waals surface area contributed by atoms with E-state index in [1.54, 1.807) is 62.5 Å². The summed E-state index contributed by atoms with van der Waals surface area (Å²) in [7, 11) is 0. The molecule has 14 unspecified atom stereocenters. The number of fused-ring (bicyclic) bond motifs is 2. The lowest BCUT2D eigenvalue weighted by Gasteiger charge is -2.65. The summed E-state index contributed by atoms with van der Waals surface area (Å²) in [5.41, 5.74) is 3.36. The summed E-state index contributed by atoms with van der Waals surface area (Å²) >= 11 is 0. The van der Waals surface area contributed by atoms with E-state index in [-0.39, 0.29) is 0 Å². The van der Waals surface area contributed by atoms with Crippen LogP contribution in [0.3, 0.4) is 0 Å². The van der Waals surface area contributed by atoms with Gasteiger partial charge in [-0.25, -0.2) is 0 Å². The Labute approximate surface area is 218 Å². The lowest BCUT2D eigenvalue weighted by molar-refractivity contribution is -0.167. The Bertz CT molecular complexity index is 1010. The molecule has 7 aliphatic rings. The van der Waals surface area contributed by atoms with Crippen LogP contribution in [0.15, 0.2) is 60.7 Å². The third kappa shape index (κ3) is 2.83. The van der Waals surface area contributed by atoms with E-state index in [0.717, 1.165) is 82.9 Å². The standard InChI is InChI=1S/C36H44/c1-3-7-21(8-4-1)31-19-23-11-13-25-28-16-18-30-32(22-9-5-2-6-10-22)20-24-12-14-26(36(28)34(24)30)27-15-17-29(31)33(23)35(25)27/h1-10,23-36H,11-20H2. The van der Waals surface area contributed by atoms with Gasteiger partial charge in [-0.3, -0.25) is 0 Å². The van der Waals surface area contributed by atoms with E-state index in [0.29, 0.717) is 0 Å². The predicted molar refractivity (Wildman–Crippen MR) is 146 cm³/mol. The Balaban J connectivity index is 1.06. The Kier molecular flexibility index (Phi) is 4.73.